The smallest absolute Gasteiger partial charge is 0.326 e. The lowest BCUT2D eigenvalue weighted by Crippen LogP contribution is -2.47. The van der Waals surface area contributed by atoms with Crippen LogP contribution in [0.4, 0.5) is 4.79 Å². The summed E-state index contributed by atoms with van der Waals surface area (Å²) in [4.78, 5) is 34.9. The Bertz CT molecular complexity index is 389. The van der Waals surface area contributed by atoms with Crippen LogP contribution in [-0.4, -0.2) is 78.6 Å². The first kappa shape index (κ1) is 17.2. The largest absolute Gasteiger partial charge is 0.481 e. The second-order valence-corrected chi connectivity index (χ2v) is 4.73. The van der Waals surface area contributed by atoms with E-state index in [9.17, 15) is 14.4 Å². The van der Waals surface area contributed by atoms with E-state index < -0.39 is 24.0 Å². The van der Waals surface area contributed by atoms with Gasteiger partial charge in [0.15, 0.2) is 0 Å². The monoisotopic (exact) mass is 304 g/mol. The van der Waals surface area contributed by atoms with Crippen LogP contribution in [0.3, 0.4) is 0 Å². The van der Waals surface area contributed by atoms with E-state index >= 15 is 0 Å². The van der Waals surface area contributed by atoms with E-state index in [1.807, 2.05) is 0 Å². The first-order valence-electron chi connectivity index (χ1n) is 6.44. The highest BCUT2D eigenvalue weighted by Gasteiger charge is 2.36. The van der Waals surface area contributed by atoms with Gasteiger partial charge >= 0.3 is 18.0 Å². The number of likely N-dealkylation sites (tertiary alicyclic amines) is 1. The number of carbonyl (C=O) groups excluding carboxylic acids is 1. The first-order valence-corrected chi connectivity index (χ1v) is 6.44. The number of aliphatic carboxylic acids is 2. The normalized spacial score (nSPS) is 22.9. The molecular weight excluding hydrogens is 284 g/mol. The van der Waals surface area contributed by atoms with E-state index in [2.05, 4.69) is 5.32 Å². The number of carboxylic acid groups (broad SMARTS) is 2. The fourth-order valence-corrected chi connectivity index (χ4v) is 2.13. The van der Waals surface area contributed by atoms with Crippen molar-refractivity contribution in [3.63, 3.8) is 0 Å². The highest BCUT2D eigenvalue weighted by Crippen LogP contribution is 2.16. The van der Waals surface area contributed by atoms with Crippen molar-refractivity contribution < 1.29 is 34.1 Å². The Labute approximate surface area is 121 Å². The van der Waals surface area contributed by atoms with E-state index in [0.717, 1.165) is 0 Å². The number of amides is 2. The molecule has 1 aliphatic heterocycles. The maximum atomic E-state index is 12.0. The molecule has 1 heterocycles. The van der Waals surface area contributed by atoms with Crippen molar-refractivity contribution in [3.8, 4) is 0 Å². The maximum Gasteiger partial charge on any atom is 0.326 e. The maximum absolute atomic E-state index is 12.0. The highest BCUT2D eigenvalue weighted by atomic mass is 16.5. The van der Waals surface area contributed by atoms with Gasteiger partial charge in [0, 0.05) is 20.6 Å². The van der Waals surface area contributed by atoms with Gasteiger partial charge in [0.05, 0.1) is 13.1 Å². The number of hydrogen-bond donors (Lipinski definition) is 3. The Morgan fingerprint density at radius 3 is 2.10 bits per heavy atom. The fourth-order valence-electron chi connectivity index (χ4n) is 2.13. The molecule has 3 unspecified atom stereocenters. The summed E-state index contributed by atoms with van der Waals surface area (Å²) in [5.74, 6) is -2.38. The number of nitrogens with zero attached hydrogens (tertiary/aromatic N) is 1. The van der Waals surface area contributed by atoms with Gasteiger partial charge in [-0.05, 0) is 6.42 Å². The summed E-state index contributed by atoms with van der Waals surface area (Å²) in [6, 6.07) is -1.81. The Morgan fingerprint density at radius 2 is 1.71 bits per heavy atom. The standard InChI is InChI=1S/C12H20N2O7/c1-20-8-5-14(6-9(8)21-2)12(19)13-7(11(17)18)3-4-10(15)16/h7-9H,3-6H2,1-2H3,(H,13,19)(H,15,16)(H,17,18). The molecule has 0 bridgehead atoms. The molecule has 0 aromatic carbocycles. The van der Waals surface area contributed by atoms with Gasteiger partial charge in [-0.15, -0.1) is 0 Å². The second kappa shape index (κ2) is 7.79. The van der Waals surface area contributed by atoms with Gasteiger partial charge < -0.3 is 29.9 Å². The van der Waals surface area contributed by atoms with Crippen LogP contribution in [0.1, 0.15) is 12.8 Å². The molecule has 3 N–H and O–H groups in total. The third-order valence-corrected chi connectivity index (χ3v) is 3.35. The van der Waals surface area contributed by atoms with Gasteiger partial charge in [-0.3, -0.25) is 4.79 Å². The molecule has 0 aliphatic carbocycles. The summed E-state index contributed by atoms with van der Waals surface area (Å²) in [6.45, 7) is 0.568. The van der Waals surface area contributed by atoms with Crippen LogP contribution in [0.15, 0.2) is 0 Å². The zero-order valence-corrected chi connectivity index (χ0v) is 11.9. The minimum absolute atomic E-state index is 0.175. The van der Waals surface area contributed by atoms with Crippen LogP contribution in [0.5, 0.6) is 0 Å². The van der Waals surface area contributed by atoms with Gasteiger partial charge in [0.1, 0.15) is 18.2 Å². The molecule has 120 valence electrons. The lowest BCUT2D eigenvalue weighted by Gasteiger charge is -2.20. The molecule has 0 saturated carbocycles. The molecule has 0 aromatic rings. The molecule has 1 aliphatic rings. The van der Waals surface area contributed by atoms with E-state index in [1.165, 1.54) is 19.1 Å². The van der Waals surface area contributed by atoms with Crippen LogP contribution in [0.2, 0.25) is 0 Å². The van der Waals surface area contributed by atoms with Crippen molar-refractivity contribution in [1.82, 2.24) is 10.2 Å². The SMILES string of the molecule is COC1CN(C(=O)NC(CCC(=O)O)C(=O)O)CC1OC. The van der Waals surface area contributed by atoms with Crippen molar-refractivity contribution in [3.05, 3.63) is 0 Å². The Balaban J connectivity index is 2.57. The minimum atomic E-state index is -1.27. The predicted molar refractivity (Wildman–Crippen MR) is 70.0 cm³/mol. The topological polar surface area (TPSA) is 125 Å². The average Bonchev–Trinajstić information content (AvgIpc) is 2.85. The zero-order chi connectivity index (χ0) is 16.0. The number of urea groups is 1. The van der Waals surface area contributed by atoms with Crippen molar-refractivity contribution in [2.45, 2.75) is 31.1 Å². The lowest BCUT2D eigenvalue weighted by atomic mass is 10.1. The van der Waals surface area contributed by atoms with Crippen LogP contribution < -0.4 is 5.32 Å². The Hall–Kier alpha value is -1.87. The number of hydrogen-bond acceptors (Lipinski definition) is 5. The summed E-state index contributed by atoms with van der Waals surface area (Å²) in [5, 5.41) is 19.9. The third kappa shape index (κ3) is 4.87. The molecule has 1 fully saturated rings. The van der Waals surface area contributed by atoms with Crippen LogP contribution in [0, 0.1) is 0 Å². The van der Waals surface area contributed by atoms with Gasteiger partial charge in [-0.1, -0.05) is 0 Å². The van der Waals surface area contributed by atoms with Crippen molar-refractivity contribution in [1.29, 1.82) is 0 Å². The number of rotatable bonds is 7. The number of carboxylic acids is 2. The first-order chi connectivity index (χ1) is 9.88. The van der Waals surface area contributed by atoms with Gasteiger partial charge in [0.2, 0.25) is 0 Å². The van der Waals surface area contributed by atoms with Crippen LogP contribution in [0.25, 0.3) is 0 Å². The molecule has 3 atom stereocenters. The average molecular weight is 304 g/mol. The second-order valence-electron chi connectivity index (χ2n) is 4.73. The molecule has 0 spiro atoms. The van der Waals surface area contributed by atoms with E-state index in [1.54, 1.807) is 0 Å². The molecule has 2 amide bonds. The summed E-state index contributed by atoms with van der Waals surface area (Å²) in [6.07, 6.45) is -1.06. The van der Waals surface area contributed by atoms with Gasteiger partial charge in [0.25, 0.3) is 0 Å². The molecule has 1 saturated heterocycles. The zero-order valence-electron chi connectivity index (χ0n) is 11.9. The molecule has 0 radical (unpaired) electrons. The van der Waals surface area contributed by atoms with Crippen molar-refractivity contribution in [2.75, 3.05) is 27.3 Å². The molecular formula is C12H20N2O7. The van der Waals surface area contributed by atoms with Gasteiger partial charge in [-0.25, -0.2) is 9.59 Å². The molecule has 9 heteroatoms. The molecule has 21 heavy (non-hydrogen) atoms. The number of nitrogens with one attached hydrogen (secondary N) is 1. The number of carbonyl (C=O) groups is 3. The van der Waals surface area contributed by atoms with Crippen LogP contribution in [-0.2, 0) is 19.1 Å². The summed E-state index contributed by atoms with van der Waals surface area (Å²) < 4.78 is 10.4. The summed E-state index contributed by atoms with van der Waals surface area (Å²) in [7, 11) is 3.01. The molecule has 1 rings (SSSR count). The summed E-state index contributed by atoms with van der Waals surface area (Å²) in [5.41, 5.74) is 0. The van der Waals surface area contributed by atoms with Gasteiger partial charge in [-0.2, -0.15) is 0 Å². The minimum Gasteiger partial charge on any atom is -0.481 e. The summed E-state index contributed by atoms with van der Waals surface area (Å²) >= 11 is 0. The highest BCUT2D eigenvalue weighted by molar-refractivity contribution is 5.83. The Morgan fingerprint density at radius 1 is 1.19 bits per heavy atom. The van der Waals surface area contributed by atoms with Crippen molar-refractivity contribution >= 4 is 18.0 Å². The number of methoxy groups -OCH3 is 2. The number of ether oxygens (including phenoxy) is 2. The van der Waals surface area contributed by atoms with E-state index in [-0.39, 0.29) is 38.1 Å². The molecule has 9 nitrogen and oxygen atoms in total. The third-order valence-electron chi connectivity index (χ3n) is 3.35. The Kier molecular flexibility index (Phi) is 6.38. The van der Waals surface area contributed by atoms with E-state index in [0.29, 0.717) is 0 Å². The van der Waals surface area contributed by atoms with Crippen molar-refractivity contribution in [2.24, 2.45) is 0 Å². The predicted octanol–water partition coefficient (Wildman–Crippen LogP) is -0.640. The van der Waals surface area contributed by atoms with Crippen LogP contribution >= 0.6 is 0 Å². The quantitative estimate of drug-likeness (QED) is 0.571. The molecule has 0 aromatic heterocycles. The fraction of sp³-hybridized carbons (Fsp3) is 0.750. The van der Waals surface area contributed by atoms with E-state index in [4.69, 9.17) is 19.7 Å². The lowest BCUT2D eigenvalue weighted by molar-refractivity contribution is -0.140.